The minimum atomic E-state index is -0.216. The van der Waals surface area contributed by atoms with Crippen LogP contribution in [-0.2, 0) is 31.9 Å². The third-order valence-electron chi connectivity index (χ3n) is 12.4. The van der Waals surface area contributed by atoms with Crippen LogP contribution >= 0.6 is 0 Å². The number of aryl methyl sites for hydroxylation is 2. The average molecular weight is 959 g/mol. The second kappa shape index (κ2) is 38.4. The standard InChI is InChI=1S/C60H86N4O6/c1-3-5-7-21-27-51-31-35-53(36-32-51)61-63-55-39-43-57(44-40-55)67-47-25-19-15-11-9-13-17-23-29-59(65)69-49-50-70-60(66)30-24-18-14-10-12-16-20-26-48-68-58-45-41-56(42-46-58)64-62-54-37-33-52(34-38-54)28-22-8-6-4-2/h31-46H,3-30,47-50H2,1-2H3. The summed E-state index contributed by atoms with van der Waals surface area (Å²) in [5.41, 5.74) is 6.07. The fourth-order valence-corrected chi connectivity index (χ4v) is 8.12. The van der Waals surface area contributed by atoms with Crippen molar-refractivity contribution < 1.29 is 28.5 Å². The highest BCUT2D eigenvalue weighted by Gasteiger charge is 2.07. The van der Waals surface area contributed by atoms with Crippen molar-refractivity contribution in [1.82, 2.24) is 0 Å². The molecule has 0 spiro atoms. The van der Waals surface area contributed by atoms with Crippen LogP contribution in [0.1, 0.15) is 192 Å². The Morgan fingerprint density at radius 1 is 0.329 bits per heavy atom. The quantitative estimate of drug-likeness (QED) is 0.0248. The molecule has 0 saturated carbocycles. The molecule has 70 heavy (non-hydrogen) atoms. The molecule has 0 aliphatic heterocycles. The van der Waals surface area contributed by atoms with Crippen LogP contribution in [0.3, 0.4) is 0 Å². The fraction of sp³-hybridized carbons (Fsp3) is 0.567. The summed E-state index contributed by atoms with van der Waals surface area (Å²) in [6.45, 7) is 6.14. The van der Waals surface area contributed by atoms with Crippen LogP contribution in [0.5, 0.6) is 11.5 Å². The smallest absolute Gasteiger partial charge is 0.305 e. The van der Waals surface area contributed by atoms with Crippen LogP contribution in [0.25, 0.3) is 0 Å². The summed E-state index contributed by atoms with van der Waals surface area (Å²) >= 11 is 0. The molecule has 0 aromatic heterocycles. The van der Waals surface area contributed by atoms with Crippen molar-refractivity contribution >= 4 is 34.7 Å². The van der Waals surface area contributed by atoms with E-state index < -0.39 is 0 Å². The van der Waals surface area contributed by atoms with Crippen molar-refractivity contribution in [2.24, 2.45) is 20.5 Å². The third kappa shape index (κ3) is 28.3. The van der Waals surface area contributed by atoms with Gasteiger partial charge in [-0.3, -0.25) is 9.59 Å². The molecule has 4 aromatic carbocycles. The molecule has 0 aliphatic rings. The Kier molecular flexibility index (Phi) is 31.4. The van der Waals surface area contributed by atoms with E-state index in [1.807, 2.05) is 72.8 Å². The van der Waals surface area contributed by atoms with Crippen molar-refractivity contribution in [3.63, 3.8) is 0 Å². The van der Waals surface area contributed by atoms with Gasteiger partial charge >= 0.3 is 11.9 Å². The van der Waals surface area contributed by atoms with E-state index in [4.69, 9.17) is 18.9 Å². The zero-order chi connectivity index (χ0) is 49.4. The zero-order valence-corrected chi connectivity index (χ0v) is 43.1. The highest BCUT2D eigenvalue weighted by Crippen LogP contribution is 2.25. The monoisotopic (exact) mass is 959 g/mol. The van der Waals surface area contributed by atoms with E-state index in [0.717, 1.165) is 111 Å². The highest BCUT2D eigenvalue weighted by molar-refractivity contribution is 5.70. The Hall–Kier alpha value is -5.38. The molecule has 0 radical (unpaired) electrons. The first-order chi connectivity index (χ1) is 34.5. The molecule has 0 N–H and O–H groups in total. The van der Waals surface area contributed by atoms with Gasteiger partial charge in [-0.15, -0.1) is 0 Å². The predicted molar refractivity (Wildman–Crippen MR) is 286 cm³/mol. The molecule has 0 bridgehead atoms. The maximum absolute atomic E-state index is 12.1. The number of nitrogens with zero attached hydrogens (tertiary/aromatic N) is 4. The number of benzene rings is 4. The summed E-state index contributed by atoms with van der Waals surface area (Å²) < 4.78 is 22.4. The Labute approximate surface area is 421 Å². The van der Waals surface area contributed by atoms with E-state index in [2.05, 4.69) is 58.6 Å². The zero-order valence-electron chi connectivity index (χ0n) is 43.1. The number of carbonyl (C=O) groups excluding carboxylic acids is 2. The first-order valence-electron chi connectivity index (χ1n) is 27.3. The number of hydrogen-bond donors (Lipinski definition) is 0. The van der Waals surface area contributed by atoms with Gasteiger partial charge < -0.3 is 18.9 Å². The number of carbonyl (C=O) groups is 2. The Morgan fingerprint density at radius 3 is 0.943 bits per heavy atom. The van der Waals surface area contributed by atoms with E-state index >= 15 is 0 Å². The van der Waals surface area contributed by atoms with Gasteiger partial charge in [-0.2, -0.15) is 20.5 Å². The molecule has 382 valence electrons. The van der Waals surface area contributed by atoms with E-state index in [0.29, 0.717) is 26.1 Å². The first-order valence-corrected chi connectivity index (χ1v) is 27.3. The fourth-order valence-electron chi connectivity index (χ4n) is 8.12. The van der Waals surface area contributed by atoms with Gasteiger partial charge in [-0.05, 0) is 135 Å². The molecule has 4 rings (SSSR count). The van der Waals surface area contributed by atoms with E-state index in [1.165, 1.54) is 101 Å². The van der Waals surface area contributed by atoms with Crippen LogP contribution in [0.4, 0.5) is 22.7 Å². The molecule has 0 amide bonds. The molecule has 0 atom stereocenters. The van der Waals surface area contributed by atoms with E-state index in [9.17, 15) is 9.59 Å². The first kappa shape index (κ1) is 57.2. The normalized spacial score (nSPS) is 11.4. The Bertz CT molecular complexity index is 1840. The summed E-state index contributed by atoms with van der Waals surface area (Å²) in [6, 6.07) is 32.4. The minimum absolute atomic E-state index is 0.125. The summed E-state index contributed by atoms with van der Waals surface area (Å²) in [5.74, 6) is 1.28. The van der Waals surface area contributed by atoms with Crippen LogP contribution in [-0.4, -0.2) is 38.4 Å². The van der Waals surface area contributed by atoms with Gasteiger partial charge in [0.25, 0.3) is 0 Å². The minimum Gasteiger partial charge on any atom is -0.494 e. The number of rotatable bonds is 41. The number of ether oxygens (including phenoxy) is 4. The van der Waals surface area contributed by atoms with Gasteiger partial charge in [0.15, 0.2) is 0 Å². The second-order valence-electron chi connectivity index (χ2n) is 18.6. The molecule has 0 saturated heterocycles. The van der Waals surface area contributed by atoms with Gasteiger partial charge in [0.1, 0.15) is 24.7 Å². The lowest BCUT2D eigenvalue weighted by atomic mass is 10.1. The van der Waals surface area contributed by atoms with Crippen LogP contribution in [0.2, 0.25) is 0 Å². The van der Waals surface area contributed by atoms with E-state index in [1.54, 1.807) is 0 Å². The molecular formula is C60H86N4O6. The van der Waals surface area contributed by atoms with Gasteiger partial charge in [0.2, 0.25) is 0 Å². The van der Waals surface area contributed by atoms with Crippen molar-refractivity contribution in [2.45, 2.75) is 194 Å². The average Bonchev–Trinajstić information content (AvgIpc) is 3.39. The summed E-state index contributed by atoms with van der Waals surface area (Å²) in [4.78, 5) is 24.2. The molecule has 10 heteroatoms. The van der Waals surface area contributed by atoms with Crippen molar-refractivity contribution in [3.8, 4) is 11.5 Å². The molecule has 0 aliphatic carbocycles. The number of unbranched alkanes of at least 4 members (excludes halogenated alkanes) is 20. The Balaban J connectivity index is 0.852. The maximum atomic E-state index is 12.1. The third-order valence-corrected chi connectivity index (χ3v) is 12.4. The lowest BCUT2D eigenvalue weighted by molar-refractivity contribution is -0.152. The molecule has 0 unspecified atom stereocenters. The molecule has 0 heterocycles. The summed E-state index contributed by atoms with van der Waals surface area (Å²) in [5, 5.41) is 17.5. The number of esters is 2. The largest absolute Gasteiger partial charge is 0.494 e. The van der Waals surface area contributed by atoms with E-state index in [-0.39, 0.29) is 25.2 Å². The Morgan fingerprint density at radius 2 is 0.614 bits per heavy atom. The molecular weight excluding hydrogens is 873 g/mol. The van der Waals surface area contributed by atoms with Gasteiger partial charge in [0, 0.05) is 12.8 Å². The summed E-state index contributed by atoms with van der Waals surface area (Å²) in [7, 11) is 0. The predicted octanol–water partition coefficient (Wildman–Crippen LogP) is 18.3. The number of hydrogen-bond acceptors (Lipinski definition) is 10. The lowest BCUT2D eigenvalue weighted by Gasteiger charge is -2.07. The molecule has 4 aromatic rings. The topological polar surface area (TPSA) is 121 Å². The molecule has 0 fully saturated rings. The van der Waals surface area contributed by atoms with Crippen LogP contribution in [0, 0.1) is 0 Å². The molecule has 10 nitrogen and oxygen atoms in total. The maximum Gasteiger partial charge on any atom is 0.305 e. The van der Waals surface area contributed by atoms with Gasteiger partial charge in [-0.1, -0.05) is 154 Å². The van der Waals surface area contributed by atoms with Gasteiger partial charge in [-0.25, -0.2) is 0 Å². The second-order valence-corrected chi connectivity index (χ2v) is 18.6. The van der Waals surface area contributed by atoms with Crippen molar-refractivity contribution in [3.05, 3.63) is 108 Å². The lowest BCUT2D eigenvalue weighted by Crippen LogP contribution is -2.13. The highest BCUT2D eigenvalue weighted by atomic mass is 16.6. The van der Waals surface area contributed by atoms with Crippen LogP contribution in [0.15, 0.2) is 118 Å². The van der Waals surface area contributed by atoms with Gasteiger partial charge in [0.05, 0.1) is 36.0 Å². The summed E-state index contributed by atoms with van der Waals surface area (Å²) in [6.07, 6.45) is 30.6. The van der Waals surface area contributed by atoms with Crippen LogP contribution < -0.4 is 9.47 Å². The van der Waals surface area contributed by atoms with Crippen molar-refractivity contribution in [2.75, 3.05) is 26.4 Å². The SMILES string of the molecule is CCCCCCc1ccc(N=Nc2ccc(OCCCCCCCCCCC(=O)OCCOC(=O)CCCCCCCCCCOc3ccc(N=Nc4ccc(CCCCCC)cc4)cc3)cc2)cc1. The van der Waals surface area contributed by atoms with Crippen molar-refractivity contribution in [1.29, 1.82) is 0 Å². The number of azo groups is 2.